The van der Waals surface area contributed by atoms with Crippen LogP contribution in [0.5, 0.6) is 0 Å². The molecule has 2 rings (SSSR count). The van der Waals surface area contributed by atoms with Crippen molar-refractivity contribution in [2.24, 2.45) is 0 Å². The van der Waals surface area contributed by atoms with Crippen LogP contribution in [0.3, 0.4) is 0 Å². The molecule has 0 aliphatic carbocycles. The van der Waals surface area contributed by atoms with Gasteiger partial charge in [-0.05, 0) is 18.6 Å². The fourth-order valence-corrected chi connectivity index (χ4v) is 2.64. The molecule has 2 heterocycles. The van der Waals surface area contributed by atoms with Crippen molar-refractivity contribution in [3.63, 3.8) is 0 Å². The van der Waals surface area contributed by atoms with Crippen molar-refractivity contribution >= 4 is 40.0 Å². The van der Waals surface area contributed by atoms with Gasteiger partial charge in [0.2, 0.25) is 5.13 Å². The van der Waals surface area contributed by atoms with Crippen LogP contribution >= 0.6 is 34.9 Å². The van der Waals surface area contributed by atoms with E-state index in [0.717, 1.165) is 16.6 Å². The number of aryl methyl sites for hydroxylation is 1. The maximum atomic E-state index is 4.93. The first kappa shape index (κ1) is 10.7. The Hall–Kier alpha value is -0.790. The van der Waals surface area contributed by atoms with Gasteiger partial charge in [-0.25, -0.2) is 4.98 Å². The van der Waals surface area contributed by atoms with Crippen LogP contribution in [0, 0.1) is 3.95 Å². The van der Waals surface area contributed by atoms with Crippen LogP contribution < -0.4 is 5.32 Å². The van der Waals surface area contributed by atoms with Crippen LogP contribution in [0.1, 0.15) is 16.8 Å². The van der Waals surface area contributed by atoms with E-state index in [4.69, 9.17) is 12.2 Å². The molecule has 0 unspecified atom stereocenters. The Morgan fingerprint density at radius 2 is 2.40 bits per heavy atom. The Bertz CT molecular complexity index is 484. The average Bonchev–Trinajstić information content (AvgIpc) is 2.83. The molecule has 2 aromatic rings. The number of thiazole rings is 1. The minimum Gasteiger partial charge on any atom is -0.354 e. The first-order chi connectivity index (χ1) is 7.28. The van der Waals surface area contributed by atoms with E-state index in [9.17, 15) is 0 Å². The third-order valence-electron chi connectivity index (χ3n) is 1.78. The summed E-state index contributed by atoms with van der Waals surface area (Å²) in [5.74, 6) is 0. The Morgan fingerprint density at radius 1 is 1.53 bits per heavy atom. The van der Waals surface area contributed by atoms with Crippen molar-refractivity contribution in [3.8, 4) is 0 Å². The summed E-state index contributed by atoms with van der Waals surface area (Å²) in [6, 6.07) is 0. The van der Waals surface area contributed by atoms with E-state index in [1.54, 1.807) is 11.3 Å². The van der Waals surface area contributed by atoms with Gasteiger partial charge in [0.05, 0.1) is 6.54 Å². The topological polar surface area (TPSA) is 53.6 Å². The highest BCUT2D eigenvalue weighted by Gasteiger charge is 2.01. The van der Waals surface area contributed by atoms with Gasteiger partial charge < -0.3 is 5.32 Å². The van der Waals surface area contributed by atoms with E-state index in [0.29, 0.717) is 10.5 Å². The molecule has 0 amide bonds. The number of aromatic amines is 1. The van der Waals surface area contributed by atoms with Gasteiger partial charge >= 0.3 is 0 Å². The van der Waals surface area contributed by atoms with Crippen molar-refractivity contribution in [1.82, 2.24) is 15.2 Å². The molecule has 15 heavy (non-hydrogen) atoms. The largest absolute Gasteiger partial charge is 0.354 e. The molecule has 0 bridgehead atoms. The number of H-pyrrole nitrogens is 1. The molecule has 0 spiro atoms. The fourth-order valence-electron chi connectivity index (χ4n) is 1.05. The normalized spacial score (nSPS) is 10.5. The lowest BCUT2D eigenvalue weighted by molar-refractivity contribution is 1.03. The smallest absolute Gasteiger partial charge is 0.204 e. The predicted octanol–water partition coefficient (Wildman–Crippen LogP) is 2.83. The van der Waals surface area contributed by atoms with Crippen LogP contribution in [0.4, 0.5) is 5.13 Å². The van der Waals surface area contributed by atoms with E-state index in [-0.39, 0.29) is 0 Å². The molecule has 0 aliphatic rings. The van der Waals surface area contributed by atoms with Crippen LogP contribution in [0.2, 0.25) is 0 Å². The lowest BCUT2D eigenvalue weighted by atomic mass is 10.4. The van der Waals surface area contributed by atoms with Crippen LogP contribution in [0.15, 0.2) is 6.20 Å². The van der Waals surface area contributed by atoms with Crippen molar-refractivity contribution < 1.29 is 0 Å². The van der Waals surface area contributed by atoms with Gasteiger partial charge in [-0.3, -0.25) is 5.10 Å². The second-order valence-electron chi connectivity index (χ2n) is 2.85. The minimum absolute atomic E-state index is 0.686. The van der Waals surface area contributed by atoms with Gasteiger partial charge in [-0.2, -0.15) is 0 Å². The van der Waals surface area contributed by atoms with E-state index in [1.165, 1.54) is 16.2 Å². The molecule has 80 valence electrons. The minimum atomic E-state index is 0.686. The predicted molar refractivity (Wildman–Crippen MR) is 66.1 cm³/mol. The Balaban J connectivity index is 1.95. The Labute approximate surface area is 100 Å². The number of anilines is 1. The zero-order valence-electron chi connectivity index (χ0n) is 8.11. The molecule has 0 aliphatic heterocycles. The van der Waals surface area contributed by atoms with Gasteiger partial charge in [0.15, 0.2) is 3.95 Å². The zero-order chi connectivity index (χ0) is 10.7. The van der Waals surface area contributed by atoms with Gasteiger partial charge in [0.25, 0.3) is 0 Å². The summed E-state index contributed by atoms with van der Waals surface area (Å²) in [5.41, 5.74) is 0. The quantitative estimate of drug-likeness (QED) is 0.828. The molecule has 0 radical (unpaired) electrons. The SMILES string of the molecule is CCc1cnc(CNc2n[nH]c(=S)s2)s1. The van der Waals surface area contributed by atoms with Crippen molar-refractivity contribution in [1.29, 1.82) is 0 Å². The molecule has 0 saturated carbocycles. The molecule has 4 nitrogen and oxygen atoms in total. The van der Waals surface area contributed by atoms with E-state index < -0.39 is 0 Å². The molecule has 0 saturated heterocycles. The van der Waals surface area contributed by atoms with Gasteiger partial charge in [-0.15, -0.1) is 16.4 Å². The maximum absolute atomic E-state index is 4.93. The van der Waals surface area contributed by atoms with Crippen molar-refractivity contribution in [2.75, 3.05) is 5.32 Å². The number of rotatable bonds is 4. The molecular formula is C8H10N4S3. The van der Waals surface area contributed by atoms with Gasteiger partial charge in [0, 0.05) is 11.1 Å². The van der Waals surface area contributed by atoms with Crippen molar-refractivity contribution in [3.05, 3.63) is 20.0 Å². The zero-order valence-corrected chi connectivity index (χ0v) is 10.6. The van der Waals surface area contributed by atoms with E-state index in [1.807, 2.05) is 6.20 Å². The van der Waals surface area contributed by atoms with Gasteiger partial charge in [-0.1, -0.05) is 18.3 Å². The van der Waals surface area contributed by atoms with Crippen LogP contribution in [-0.4, -0.2) is 15.2 Å². The first-order valence-corrected chi connectivity index (χ1v) is 6.55. The Morgan fingerprint density at radius 3 is 3.00 bits per heavy atom. The summed E-state index contributed by atoms with van der Waals surface area (Å²) < 4.78 is 0.686. The highest BCUT2D eigenvalue weighted by molar-refractivity contribution is 7.73. The molecular weight excluding hydrogens is 248 g/mol. The molecule has 0 atom stereocenters. The number of nitrogens with zero attached hydrogens (tertiary/aromatic N) is 2. The summed E-state index contributed by atoms with van der Waals surface area (Å²) in [5, 5.41) is 11.8. The summed E-state index contributed by atoms with van der Waals surface area (Å²) in [4.78, 5) is 5.61. The van der Waals surface area contributed by atoms with Crippen molar-refractivity contribution in [2.45, 2.75) is 19.9 Å². The molecule has 0 fully saturated rings. The lowest BCUT2D eigenvalue weighted by Gasteiger charge is -1.96. The van der Waals surface area contributed by atoms with Gasteiger partial charge in [0.1, 0.15) is 5.01 Å². The highest BCUT2D eigenvalue weighted by Crippen LogP contribution is 2.16. The number of hydrogen-bond acceptors (Lipinski definition) is 6. The second kappa shape index (κ2) is 4.82. The molecule has 2 N–H and O–H groups in total. The summed E-state index contributed by atoms with van der Waals surface area (Å²) in [6.07, 6.45) is 2.97. The molecule has 0 aromatic carbocycles. The second-order valence-corrected chi connectivity index (χ2v) is 5.71. The summed E-state index contributed by atoms with van der Waals surface area (Å²) in [6.45, 7) is 2.84. The lowest BCUT2D eigenvalue weighted by Crippen LogP contribution is -1.97. The molecule has 2 aromatic heterocycles. The fraction of sp³-hybridized carbons (Fsp3) is 0.375. The number of hydrogen-bond donors (Lipinski definition) is 2. The number of aromatic nitrogens is 3. The summed E-state index contributed by atoms with van der Waals surface area (Å²) >= 11 is 8.09. The van der Waals surface area contributed by atoms with E-state index >= 15 is 0 Å². The summed E-state index contributed by atoms with van der Waals surface area (Å²) in [7, 11) is 0. The third-order valence-corrected chi connectivity index (χ3v) is 3.97. The standard InChI is InChI=1S/C8H10N4S3/c1-2-5-3-9-6(14-5)4-10-7-11-12-8(13)15-7/h3H,2,4H2,1H3,(H,10,11)(H,12,13). The van der Waals surface area contributed by atoms with E-state index in [2.05, 4.69) is 27.4 Å². The highest BCUT2D eigenvalue weighted by atomic mass is 32.1. The third kappa shape index (κ3) is 2.83. The average molecular weight is 258 g/mol. The molecule has 7 heteroatoms. The Kier molecular flexibility index (Phi) is 3.45. The maximum Gasteiger partial charge on any atom is 0.204 e. The first-order valence-electron chi connectivity index (χ1n) is 4.51. The van der Waals surface area contributed by atoms with Crippen LogP contribution in [0.25, 0.3) is 0 Å². The van der Waals surface area contributed by atoms with Crippen LogP contribution in [-0.2, 0) is 13.0 Å². The number of nitrogens with one attached hydrogen (secondary N) is 2. The monoisotopic (exact) mass is 258 g/mol.